The molecule has 0 saturated carbocycles. The van der Waals surface area contributed by atoms with Crippen LogP contribution in [0.15, 0.2) is 12.7 Å². The SMILES string of the molecule is C=CCNC(=O)CNC1CCCSC1. The summed E-state index contributed by atoms with van der Waals surface area (Å²) in [5, 5.41) is 6.01. The Morgan fingerprint density at radius 1 is 1.64 bits per heavy atom. The quantitative estimate of drug-likeness (QED) is 0.664. The Kier molecular flexibility index (Phi) is 5.71. The lowest BCUT2D eigenvalue weighted by Crippen LogP contribution is -2.41. The molecule has 0 spiro atoms. The van der Waals surface area contributed by atoms with Crippen LogP contribution in [0.3, 0.4) is 0 Å². The lowest BCUT2D eigenvalue weighted by atomic mass is 10.2. The molecule has 1 saturated heterocycles. The fourth-order valence-corrected chi connectivity index (χ4v) is 2.49. The molecule has 80 valence electrons. The summed E-state index contributed by atoms with van der Waals surface area (Å²) >= 11 is 1.96. The zero-order valence-corrected chi connectivity index (χ0v) is 9.24. The van der Waals surface area contributed by atoms with Crippen LogP contribution in [0.5, 0.6) is 0 Å². The number of carbonyl (C=O) groups is 1. The summed E-state index contributed by atoms with van der Waals surface area (Å²) in [6.45, 7) is 4.53. The van der Waals surface area contributed by atoms with Crippen LogP contribution in [0.1, 0.15) is 12.8 Å². The maximum absolute atomic E-state index is 11.2. The van der Waals surface area contributed by atoms with Crippen LogP contribution in [0.4, 0.5) is 0 Å². The van der Waals surface area contributed by atoms with Gasteiger partial charge >= 0.3 is 0 Å². The van der Waals surface area contributed by atoms with Gasteiger partial charge in [0, 0.05) is 18.3 Å². The van der Waals surface area contributed by atoms with E-state index < -0.39 is 0 Å². The molecular weight excluding hydrogens is 196 g/mol. The summed E-state index contributed by atoms with van der Waals surface area (Å²) in [5.41, 5.74) is 0. The summed E-state index contributed by atoms with van der Waals surface area (Å²) in [6.07, 6.45) is 4.15. The number of carbonyl (C=O) groups excluding carboxylic acids is 1. The summed E-state index contributed by atoms with van der Waals surface area (Å²) in [6, 6.07) is 0.517. The smallest absolute Gasteiger partial charge is 0.234 e. The number of rotatable bonds is 5. The molecule has 0 aliphatic carbocycles. The van der Waals surface area contributed by atoms with E-state index in [1.165, 1.54) is 18.6 Å². The van der Waals surface area contributed by atoms with E-state index in [1.807, 2.05) is 11.8 Å². The fourth-order valence-electron chi connectivity index (χ4n) is 1.39. The van der Waals surface area contributed by atoms with Gasteiger partial charge in [-0.15, -0.1) is 6.58 Å². The van der Waals surface area contributed by atoms with E-state index in [-0.39, 0.29) is 5.91 Å². The number of amides is 1. The highest BCUT2D eigenvalue weighted by molar-refractivity contribution is 7.99. The fraction of sp³-hybridized carbons (Fsp3) is 0.700. The van der Waals surface area contributed by atoms with Gasteiger partial charge in [0.2, 0.25) is 5.91 Å². The second-order valence-corrected chi connectivity index (χ2v) is 4.54. The van der Waals surface area contributed by atoms with E-state index in [0.717, 1.165) is 5.75 Å². The number of thioether (sulfide) groups is 1. The molecule has 0 aromatic rings. The van der Waals surface area contributed by atoms with Gasteiger partial charge in [-0.25, -0.2) is 0 Å². The summed E-state index contributed by atoms with van der Waals surface area (Å²) in [4.78, 5) is 11.2. The molecule has 1 heterocycles. The highest BCUT2D eigenvalue weighted by Gasteiger charge is 2.13. The van der Waals surface area contributed by atoms with E-state index in [2.05, 4.69) is 17.2 Å². The first kappa shape index (κ1) is 11.6. The highest BCUT2D eigenvalue weighted by Crippen LogP contribution is 2.16. The van der Waals surface area contributed by atoms with Crippen LogP contribution in [0.2, 0.25) is 0 Å². The first-order valence-electron chi connectivity index (χ1n) is 5.01. The van der Waals surface area contributed by atoms with Crippen molar-refractivity contribution in [3.8, 4) is 0 Å². The molecule has 1 aliphatic heterocycles. The minimum Gasteiger partial charge on any atom is -0.352 e. The Bertz CT molecular complexity index is 191. The molecule has 1 amide bonds. The van der Waals surface area contributed by atoms with Gasteiger partial charge in [-0.2, -0.15) is 11.8 Å². The Hall–Kier alpha value is -0.480. The molecule has 0 aromatic carbocycles. The first-order chi connectivity index (χ1) is 6.83. The molecule has 0 aromatic heterocycles. The average Bonchev–Trinajstić information content (AvgIpc) is 2.25. The van der Waals surface area contributed by atoms with Gasteiger partial charge < -0.3 is 10.6 Å². The molecule has 1 rings (SSSR count). The lowest BCUT2D eigenvalue weighted by Gasteiger charge is -2.22. The van der Waals surface area contributed by atoms with Gasteiger partial charge in [-0.3, -0.25) is 4.79 Å². The van der Waals surface area contributed by atoms with E-state index in [9.17, 15) is 4.79 Å². The topological polar surface area (TPSA) is 41.1 Å². The van der Waals surface area contributed by atoms with E-state index in [4.69, 9.17) is 0 Å². The van der Waals surface area contributed by atoms with Gasteiger partial charge in [0.25, 0.3) is 0 Å². The van der Waals surface area contributed by atoms with Gasteiger partial charge in [-0.05, 0) is 18.6 Å². The molecule has 2 N–H and O–H groups in total. The lowest BCUT2D eigenvalue weighted by molar-refractivity contribution is -0.120. The Balaban J connectivity index is 2.06. The highest BCUT2D eigenvalue weighted by atomic mass is 32.2. The van der Waals surface area contributed by atoms with Gasteiger partial charge in [0.05, 0.1) is 6.54 Å². The monoisotopic (exact) mass is 214 g/mol. The second-order valence-electron chi connectivity index (χ2n) is 3.39. The number of nitrogens with one attached hydrogen (secondary N) is 2. The molecule has 14 heavy (non-hydrogen) atoms. The van der Waals surface area contributed by atoms with Crippen LogP contribution >= 0.6 is 11.8 Å². The molecule has 0 bridgehead atoms. The molecule has 3 nitrogen and oxygen atoms in total. The first-order valence-corrected chi connectivity index (χ1v) is 6.17. The van der Waals surface area contributed by atoms with E-state index in [0.29, 0.717) is 19.1 Å². The van der Waals surface area contributed by atoms with Crippen molar-refractivity contribution in [1.29, 1.82) is 0 Å². The van der Waals surface area contributed by atoms with E-state index in [1.54, 1.807) is 6.08 Å². The van der Waals surface area contributed by atoms with Crippen LogP contribution in [0.25, 0.3) is 0 Å². The van der Waals surface area contributed by atoms with Crippen molar-refractivity contribution in [2.75, 3.05) is 24.6 Å². The van der Waals surface area contributed by atoms with Crippen molar-refractivity contribution >= 4 is 17.7 Å². The van der Waals surface area contributed by atoms with Crippen molar-refractivity contribution in [2.24, 2.45) is 0 Å². The number of hydrogen-bond donors (Lipinski definition) is 2. The third kappa shape index (κ3) is 4.67. The van der Waals surface area contributed by atoms with Gasteiger partial charge in [-0.1, -0.05) is 6.08 Å². The van der Waals surface area contributed by atoms with Gasteiger partial charge in [0.15, 0.2) is 0 Å². The predicted molar refractivity (Wildman–Crippen MR) is 61.6 cm³/mol. The van der Waals surface area contributed by atoms with Crippen LogP contribution in [-0.2, 0) is 4.79 Å². The van der Waals surface area contributed by atoms with Crippen molar-refractivity contribution in [3.63, 3.8) is 0 Å². The zero-order chi connectivity index (χ0) is 10.2. The molecule has 4 heteroatoms. The van der Waals surface area contributed by atoms with Crippen LogP contribution < -0.4 is 10.6 Å². The standard InChI is InChI=1S/C10H18N2OS/c1-2-5-11-10(13)7-12-9-4-3-6-14-8-9/h2,9,12H,1,3-8H2,(H,11,13). The van der Waals surface area contributed by atoms with Gasteiger partial charge in [0.1, 0.15) is 0 Å². The summed E-state index contributed by atoms with van der Waals surface area (Å²) < 4.78 is 0. The molecule has 0 radical (unpaired) electrons. The number of hydrogen-bond acceptors (Lipinski definition) is 3. The predicted octanol–water partition coefficient (Wildman–Crippen LogP) is 0.774. The largest absolute Gasteiger partial charge is 0.352 e. The Morgan fingerprint density at radius 3 is 3.14 bits per heavy atom. The maximum atomic E-state index is 11.2. The minimum atomic E-state index is 0.0560. The third-order valence-electron chi connectivity index (χ3n) is 2.16. The maximum Gasteiger partial charge on any atom is 0.234 e. The van der Waals surface area contributed by atoms with Crippen molar-refractivity contribution in [3.05, 3.63) is 12.7 Å². The van der Waals surface area contributed by atoms with Crippen molar-refractivity contribution in [1.82, 2.24) is 10.6 Å². The van der Waals surface area contributed by atoms with Crippen LogP contribution in [-0.4, -0.2) is 36.5 Å². The molecular formula is C10H18N2OS. The zero-order valence-electron chi connectivity index (χ0n) is 8.42. The Morgan fingerprint density at radius 2 is 2.50 bits per heavy atom. The molecule has 1 atom stereocenters. The Labute approximate surface area is 89.7 Å². The van der Waals surface area contributed by atoms with Crippen molar-refractivity contribution < 1.29 is 4.79 Å². The van der Waals surface area contributed by atoms with Crippen molar-refractivity contribution in [2.45, 2.75) is 18.9 Å². The average molecular weight is 214 g/mol. The minimum absolute atomic E-state index is 0.0560. The molecule has 1 fully saturated rings. The summed E-state index contributed by atoms with van der Waals surface area (Å²) in [5.74, 6) is 2.45. The molecule has 1 aliphatic rings. The third-order valence-corrected chi connectivity index (χ3v) is 3.37. The normalized spacial score (nSPS) is 21.6. The molecule has 1 unspecified atom stereocenters. The van der Waals surface area contributed by atoms with Crippen LogP contribution in [0, 0.1) is 0 Å². The second kappa shape index (κ2) is 6.90. The summed E-state index contributed by atoms with van der Waals surface area (Å²) in [7, 11) is 0. The van der Waals surface area contributed by atoms with E-state index >= 15 is 0 Å².